The lowest BCUT2D eigenvalue weighted by molar-refractivity contribution is 0.173. The maximum absolute atomic E-state index is 6.12. The molecule has 1 aromatic rings. The van der Waals surface area contributed by atoms with Crippen LogP contribution in [-0.4, -0.2) is 30.7 Å². The predicted octanol–water partition coefficient (Wildman–Crippen LogP) is 3.34. The highest BCUT2D eigenvalue weighted by molar-refractivity contribution is 14.0. The summed E-state index contributed by atoms with van der Waals surface area (Å²) in [4.78, 5) is 6.70. The van der Waals surface area contributed by atoms with Crippen molar-refractivity contribution in [3.63, 3.8) is 0 Å². The minimum Gasteiger partial charge on any atom is -0.454 e. The summed E-state index contributed by atoms with van der Waals surface area (Å²) in [5.41, 5.74) is 7.17. The number of aliphatic imine (C=N–C) groups is 1. The number of hydrogen-bond donors (Lipinski definition) is 1. The maximum atomic E-state index is 6.12. The summed E-state index contributed by atoms with van der Waals surface area (Å²) in [5, 5.41) is 0. The van der Waals surface area contributed by atoms with Crippen LogP contribution in [0.5, 0.6) is 11.5 Å². The van der Waals surface area contributed by atoms with Gasteiger partial charge in [0.25, 0.3) is 0 Å². The molecular weight excluding hydrogens is 461 g/mol. The van der Waals surface area contributed by atoms with Crippen molar-refractivity contribution < 1.29 is 9.47 Å². The average molecular weight is 482 g/mol. The van der Waals surface area contributed by atoms with Crippen LogP contribution < -0.4 is 15.2 Å². The highest BCUT2D eigenvalue weighted by atomic mass is 127. The van der Waals surface area contributed by atoms with Crippen molar-refractivity contribution in [3.8, 4) is 11.5 Å². The number of nitrogens with zero attached hydrogens (tertiary/aromatic N) is 2. The molecule has 7 heteroatoms. The number of benzene rings is 1. The molecule has 122 valence electrons. The number of rotatable bonds is 2. The van der Waals surface area contributed by atoms with E-state index in [0.29, 0.717) is 18.4 Å². The highest BCUT2D eigenvalue weighted by Gasteiger charge is 2.19. The van der Waals surface area contributed by atoms with Gasteiger partial charge in [0.2, 0.25) is 6.79 Å². The zero-order valence-electron chi connectivity index (χ0n) is 12.5. The molecule has 0 radical (unpaired) electrons. The number of ether oxygens (including phenoxy) is 2. The van der Waals surface area contributed by atoms with Crippen LogP contribution in [0.15, 0.2) is 21.6 Å². The summed E-state index contributed by atoms with van der Waals surface area (Å²) in [6, 6.07) is 3.96. The van der Waals surface area contributed by atoms with Gasteiger partial charge in [-0.15, -0.1) is 24.0 Å². The third-order valence-electron chi connectivity index (χ3n) is 3.89. The first kappa shape index (κ1) is 17.7. The molecule has 0 amide bonds. The number of halogens is 2. The fourth-order valence-electron chi connectivity index (χ4n) is 2.78. The van der Waals surface area contributed by atoms with Gasteiger partial charge in [0.1, 0.15) is 0 Å². The van der Waals surface area contributed by atoms with Gasteiger partial charge in [0.15, 0.2) is 17.5 Å². The number of nitrogens with two attached hydrogens (primary N) is 1. The van der Waals surface area contributed by atoms with E-state index >= 15 is 0 Å². The molecule has 1 fully saturated rings. The first-order valence-corrected chi connectivity index (χ1v) is 8.05. The van der Waals surface area contributed by atoms with Crippen LogP contribution in [-0.2, 0) is 6.54 Å². The standard InChI is InChI=1S/C15H20BrN3O2.HI/c1-10-3-2-4-19(8-10)15(17)18-7-11-5-12(16)14-13(6-11)20-9-21-14;/h5-6,10H,2-4,7-9H2,1H3,(H2,17,18);1H. The van der Waals surface area contributed by atoms with Gasteiger partial charge < -0.3 is 20.1 Å². The van der Waals surface area contributed by atoms with E-state index in [-0.39, 0.29) is 30.8 Å². The molecule has 1 unspecified atom stereocenters. The smallest absolute Gasteiger partial charge is 0.231 e. The third-order valence-corrected chi connectivity index (χ3v) is 4.48. The summed E-state index contributed by atoms with van der Waals surface area (Å²) in [7, 11) is 0. The van der Waals surface area contributed by atoms with Gasteiger partial charge in [0, 0.05) is 13.1 Å². The van der Waals surface area contributed by atoms with Crippen LogP contribution in [0.1, 0.15) is 25.3 Å². The summed E-state index contributed by atoms with van der Waals surface area (Å²) in [5.74, 6) is 2.85. The van der Waals surface area contributed by atoms with Crippen molar-refractivity contribution in [1.82, 2.24) is 4.90 Å². The monoisotopic (exact) mass is 481 g/mol. The molecule has 0 saturated carbocycles. The van der Waals surface area contributed by atoms with Crippen LogP contribution in [0.4, 0.5) is 0 Å². The number of likely N-dealkylation sites (tertiary alicyclic amines) is 1. The molecule has 1 aromatic carbocycles. The molecular formula is C15H21BrIN3O2. The van der Waals surface area contributed by atoms with Gasteiger partial charge in [-0.3, -0.25) is 0 Å². The zero-order chi connectivity index (χ0) is 14.8. The quantitative estimate of drug-likeness (QED) is 0.400. The molecule has 2 aliphatic heterocycles. The van der Waals surface area contributed by atoms with Gasteiger partial charge in [-0.2, -0.15) is 0 Å². The summed E-state index contributed by atoms with van der Waals surface area (Å²) < 4.78 is 11.7. The minimum absolute atomic E-state index is 0. The van der Waals surface area contributed by atoms with E-state index in [2.05, 4.69) is 32.7 Å². The van der Waals surface area contributed by atoms with Gasteiger partial charge in [0.05, 0.1) is 11.0 Å². The molecule has 22 heavy (non-hydrogen) atoms. The molecule has 1 atom stereocenters. The Hall–Kier alpha value is -0.700. The second-order valence-corrected chi connectivity index (χ2v) is 6.53. The predicted molar refractivity (Wildman–Crippen MR) is 101 cm³/mol. The maximum Gasteiger partial charge on any atom is 0.231 e. The molecule has 0 aromatic heterocycles. The minimum atomic E-state index is 0. The van der Waals surface area contributed by atoms with E-state index in [1.54, 1.807) is 0 Å². The number of guanidine groups is 1. The van der Waals surface area contributed by atoms with Crippen molar-refractivity contribution in [1.29, 1.82) is 0 Å². The SMILES string of the molecule is CC1CCCN(C(N)=NCc2cc(Br)c3c(c2)OCO3)C1.I. The Bertz CT molecular complexity index is 568. The summed E-state index contributed by atoms with van der Waals surface area (Å²) >= 11 is 3.49. The van der Waals surface area contributed by atoms with Gasteiger partial charge >= 0.3 is 0 Å². The summed E-state index contributed by atoms with van der Waals surface area (Å²) in [6.07, 6.45) is 2.46. The van der Waals surface area contributed by atoms with E-state index in [4.69, 9.17) is 15.2 Å². The van der Waals surface area contributed by atoms with E-state index in [1.165, 1.54) is 12.8 Å². The highest BCUT2D eigenvalue weighted by Crippen LogP contribution is 2.40. The van der Waals surface area contributed by atoms with Crippen molar-refractivity contribution >= 4 is 45.9 Å². The Morgan fingerprint density at radius 2 is 2.27 bits per heavy atom. The van der Waals surface area contributed by atoms with Crippen LogP contribution in [0.3, 0.4) is 0 Å². The van der Waals surface area contributed by atoms with Gasteiger partial charge in [-0.25, -0.2) is 4.99 Å². The lowest BCUT2D eigenvalue weighted by Gasteiger charge is -2.31. The van der Waals surface area contributed by atoms with E-state index < -0.39 is 0 Å². The second kappa shape index (κ2) is 7.72. The van der Waals surface area contributed by atoms with Crippen molar-refractivity contribution in [2.45, 2.75) is 26.3 Å². The largest absolute Gasteiger partial charge is 0.454 e. The molecule has 1 saturated heterocycles. The molecule has 3 rings (SSSR count). The Labute approximate surface area is 156 Å². The molecule has 2 aliphatic rings. The van der Waals surface area contributed by atoms with Gasteiger partial charge in [-0.05, 0) is 52.4 Å². The summed E-state index contributed by atoms with van der Waals surface area (Å²) in [6.45, 7) is 5.08. The lowest BCUT2D eigenvalue weighted by Crippen LogP contribution is -2.43. The van der Waals surface area contributed by atoms with Crippen LogP contribution in [0.2, 0.25) is 0 Å². The van der Waals surface area contributed by atoms with Crippen molar-refractivity contribution in [2.75, 3.05) is 19.9 Å². The fourth-order valence-corrected chi connectivity index (χ4v) is 3.39. The molecule has 2 N–H and O–H groups in total. The van der Waals surface area contributed by atoms with E-state index in [1.807, 2.05) is 12.1 Å². The molecule has 5 nitrogen and oxygen atoms in total. The number of piperidine rings is 1. The average Bonchev–Trinajstić information content (AvgIpc) is 2.93. The Morgan fingerprint density at radius 1 is 1.45 bits per heavy atom. The molecule has 0 spiro atoms. The zero-order valence-corrected chi connectivity index (χ0v) is 16.5. The second-order valence-electron chi connectivity index (χ2n) is 5.68. The molecule has 0 bridgehead atoms. The Morgan fingerprint density at radius 3 is 3.05 bits per heavy atom. The van der Waals surface area contributed by atoms with Crippen LogP contribution in [0, 0.1) is 5.92 Å². The third kappa shape index (κ3) is 3.98. The molecule has 2 heterocycles. The van der Waals surface area contributed by atoms with Gasteiger partial charge in [-0.1, -0.05) is 6.92 Å². The van der Waals surface area contributed by atoms with Crippen LogP contribution in [0.25, 0.3) is 0 Å². The van der Waals surface area contributed by atoms with E-state index in [0.717, 1.165) is 34.6 Å². The van der Waals surface area contributed by atoms with Crippen molar-refractivity contribution in [2.24, 2.45) is 16.6 Å². The fraction of sp³-hybridized carbons (Fsp3) is 0.533. The first-order valence-electron chi connectivity index (χ1n) is 7.26. The lowest BCUT2D eigenvalue weighted by atomic mass is 10.0. The molecule has 0 aliphatic carbocycles. The normalized spacial score (nSPS) is 20.7. The van der Waals surface area contributed by atoms with Crippen molar-refractivity contribution in [3.05, 3.63) is 22.2 Å². The number of hydrogen-bond acceptors (Lipinski definition) is 3. The topological polar surface area (TPSA) is 60.1 Å². The number of fused-ring (bicyclic) bond motifs is 1. The van der Waals surface area contributed by atoms with E-state index in [9.17, 15) is 0 Å². The first-order chi connectivity index (χ1) is 10.1. The Kier molecular flexibility index (Phi) is 6.19. The Balaban J connectivity index is 0.00000176. The van der Waals surface area contributed by atoms with Crippen LogP contribution >= 0.6 is 39.9 Å².